The molecule has 0 aliphatic heterocycles. The average Bonchev–Trinajstić information content (AvgIpc) is 2.68. The maximum absolute atomic E-state index is 12.6. The summed E-state index contributed by atoms with van der Waals surface area (Å²) >= 11 is 0. The van der Waals surface area contributed by atoms with E-state index in [-0.39, 0.29) is 11.9 Å². The number of nitrogens with zero attached hydrogens (tertiary/aromatic N) is 1. The predicted octanol–water partition coefficient (Wildman–Crippen LogP) is 3.77. The van der Waals surface area contributed by atoms with Gasteiger partial charge in [-0.3, -0.25) is 9.69 Å². The standard InChI is InChI=1S/C22H30N2O2/c1-4-24(5-2)20(15-18-11-8-7-9-12-18)17-23-22(25)19-13-10-14-21(16-19)26-6-3/h7-14,16,20H,4-6,15,17H2,1-3H3,(H,23,25). The van der Waals surface area contributed by atoms with E-state index >= 15 is 0 Å². The molecule has 140 valence electrons. The number of benzene rings is 2. The van der Waals surface area contributed by atoms with Gasteiger partial charge in [-0.05, 0) is 50.2 Å². The van der Waals surface area contributed by atoms with Gasteiger partial charge in [0.25, 0.3) is 5.91 Å². The number of amides is 1. The summed E-state index contributed by atoms with van der Waals surface area (Å²) in [7, 11) is 0. The second kappa shape index (κ2) is 10.6. The van der Waals surface area contributed by atoms with Crippen molar-refractivity contribution >= 4 is 5.91 Å². The lowest BCUT2D eigenvalue weighted by Crippen LogP contribution is -2.45. The molecule has 1 atom stereocenters. The highest BCUT2D eigenvalue weighted by atomic mass is 16.5. The SMILES string of the molecule is CCOc1cccc(C(=O)NCC(Cc2ccccc2)N(CC)CC)c1. The third-order valence-electron chi connectivity index (χ3n) is 4.55. The van der Waals surface area contributed by atoms with E-state index in [4.69, 9.17) is 4.74 Å². The van der Waals surface area contributed by atoms with Crippen molar-refractivity contribution in [1.29, 1.82) is 0 Å². The highest BCUT2D eigenvalue weighted by Gasteiger charge is 2.18. The molecular weight excluding hydrogens is 324 g/mol. The van der Waals surface area contributed by atoms with Crippen molar-refractivity contribution in [3.63, 3.8) is 0 Å². The average molecular weight is 354 g/mol. The Morgan fingerprint density at radius 1 is 1.04 bits per heavy atom. The number of hydrogen-bond donors (Lipinski definition) is 1. The van der Waals surface area contributed by atoms with Crippen molar-refractivity contribution in [2.45, 2.75) is 33.2 Å². The molecule has 0 spiro atoms. The van der Waals surface area contributed by atoms with Crippen molar-refractivity contribution in [1.82, 2.24) is 10.2 Å². The molecule has 1 amide bonds. The fourth-order valence-corrected chi connectivity index (χ4v) is 3.16. The van der Waals surface area contributed by atoms with Gasteiger partial charge in [-0.1, -0.05) is 50.2 Å². The molecule has 1 N–H and O–H groups in total. The number of nitrogens with one attached hydrogen (secondary N) is 1. The molecule has 0 bridgehead atoms. The summed E-state index contributed by atoms with van der Waals surface area (Å²) in [5.74, 6) is 0.668. The van der Waals surface area contributed by atoms with E-state index in [0.717, 1.165) is 25.3 Å². The third kappa shape index (κ3) is 5.88. The molecule has 4 heteroatoms. The van der Waals surface area contributed by atoms with Crippen molar-refractivity contribution in [2.75, 3.05) is 26.2 Å². The minimum Gasteiger partial charge on any atom is -0.494 e. The molecule has 0 fully saturated rings. The Hall–Kier alpha value is -2.33. The molecule has 0 saturated carbocycles. The second-order valence-electron chi connectivity index (χ2n) is 6.24. The number of hydrogen-bond acceptors (Lipinski definition) is 3. The van der Waals surface area contributed by atoms with Gasteiger partial charge in [0.2, 0.25) is 0 Å². The zero-order valence-electron chi connectivity index (χ0n) is 16.1. The van der Waals surface area contributed by atoms with E-state index in [9.17, 15) is 4.79 Å². The fourth-order valence-electron chi connectivity index (χ4n) is 3.16. The molecule has 0 saturated heterocycles. The van der Waals surface area contributed by atoms with Crippen LogP contribution >= 0.6 is 0 Å². The lowest BCUT2D eigenvalue weighted by molar-refractivity contribution is 0.0934. The lowest BCUT2D eigenvalue weighted by Gasteiger charge is -2.30. The quantitative estimate of drug-likeness (QED) is 0.706. The normalized spacial score (nSPS) is 12.0. The Kier molecular flexibility index (Phi) is 8.16. The Morgan fingerprint density at radius 3 is 2.42 bits per heavy atom. The highest BCUT2D eigenvalue weighted by molar-refractivity contribution is 5.94. The van der Waals surface area contributed by atoms with Gasteiger partial charge < -0.3 is 10.1 Å². The molecule has 2 aromatic carbocycles. The Labute approximate surface area is 157 Å². The molecule has 0 aliphatic carbocycles. The summed E-state index contributed by atoms with van der Waals surface area (Å²) < 4.78 is 5.49. The van der Waals surface area contributed by atoms with Gasteiger partial charge in [0.1, 0.15) is 5.75 Å². The monoisotopic (exact) mass is 354 g/mol. The first-order valence-electron chi connectivity index (χ1n) is 9.46. The van der Waals surface area contributed by atoms with Crippen LogP contribution in [0.2, 0.25) is 0 Å². The van der Waals surface area contributed by atoms with E-state index in [0.29, 0.717) is 18.7 Å². The Morgan fingerprint density at radius 2 is 1.77 bits per heavy atom. The number of rotatable bonds is 10. The summed E-state index contributed by atoms with van der Waals surface area (Å²) in [5.41, 5.74) is 1.92. The van der Waals surface area contributed by atoms with E-state index in [1.165, 1.54) is 5.56 Å². The smallest absolute Gasteiger partial charge is 0.251 e. The molecule has 0 heterocycles. The van der Waals surface area contributed by atoms with Crippen LogP contribution in [0.25, 0.3) is 0 Å². The van der Waals surface area contributed by atoms with Gasteiger partial charge >= 0.3 is 0 Å². The fraction of sp³-hybridized carbons (Fsp3) is 0.409. The van der Waals surface area contributed by atoms with Gasteiger partial charge in [0.05, 0.1) is 6.61 Å². The van der Waals surface area contributed by atoms with Crippen LogP contribution < -0.4 is 10.1 Å². The maximum atomic E-state index is 12.6. The van der Waals surface area contributed by atoms with Crippen LogP contribution in [0.3, 0.4) is 0 Å². The lowest BCUT2D eigenvalue weighted by atomic mass is 10.0. The molecule has 0 radical (unpaired) electrons. The van der Waals surface area contributed by atoms with Crippen molar-refractivity contribution < 1.29 is 9.53 Å². The van der Waals surface area contributed by atoms with Crippen LogP contribution in [0.1, 0.15) is 36.7 Å². The first-order chi connectivity index (χ1) is 12.7. The van der Waals surface area contributed by atoms with Crippen LogP contribution in [-0.4, -0.2) is 43.1 Å². The zero-order chi connectivity index (χ0) is 18.8. The maximum Gasteiger partial charge on any atom is 0.251 e. The van der Waals surface area contributed by atoms with Crippen molar-refractivity contribution in [3.8, 4) is 5.75 Å². The minimum atomic E-state index is -0.0585. The van der Waals surface area contributed by atoms with E-state index in [1.807, 2.05) is 31.2 Å². The van der Waals surface area contributed by atoms with Crippen molar-refractivity contribution in [3.05, 3.63) is 65.7 Å². The first kappa shape index (κ1) is 20.0. The molecule has 4 nitrogen and oxygen atoms in total. The van der Waals surface area contributed by atoms with Gasteiger partial charge in [0, 0.05) is 18.2 Å². The summed E-state index contributed by atoms with van der Waals surface area (Å²) in [6.07, 6.45) is 0.918. The summed E-state index contributed by atoms with van der Waals surface area (Å²) in [4.78, 5) is 15.0. The number of carbonyl (C=O) groups is 1. The minimum absolute atomic E-state index is 0.0585. The van der Waals surface area contributed by atoms with Gasteiger partial charge in [-0.25, -0.2) is 0 Å². The van der Waals surface area contributed by atoms with E-state index in [2.05, 4.69) is 48.3 Å². The zero-order valence-corrected chi connectivity index (χ0v) is 16.1. The molecule has 0 aromatic heterocycles. The third-order valence-corrected chi connectivity index (χ3v) is 4.55. The number of ether oxygens (including phenoxy) is 1. The molecule has 26 heavy (non-hydrogen) atoms. The van der Waals surface area contributed by atoms with Gasteiger partial charge in [-0.2, -0.15) is 0 Å². The van der Waals surface area contributed by atoms with Crippen LogP contribution in [0.4, 0.5) is 0 Å². The summed E-state index contributed by atoms with van der Waals surface area (Å²) in [6, 6.07) is 18.0. The van der Waals surface area contributed by atoms with E-state index < -0.39 is 0 Å². The van der Waals surface area contributed by atoms with Crippen LogP contribution in [0, 0.1) is 0 Å². The summed E-state index contributed by atoms with van der Waals surface area (Å²) in [6.45, 7) is 9.39. The Balaban J connectivity index is 2.03. The van der Waals surface area contributed by atoms with Crippen molar-refractivity contribution in [2.24, 2.45) is 0 Å². The van der Waals surface area contributed by atoms with Gasteiger partial charge in [0.15, 0.2) is 0 Å². The molecule has 2 aromatic rings. The van der Waals surface area contributed by atoms with Gasteiger partial charge in [-0.15, -0.1) is 0 Å². The highest BCUT2D eigenvalue weighted by Crippen LogP contribution is 2.14. The number of likely N-dealkylation sites (N-methyl/N-ethyl adjacent to an activating group) is 1. The Bertz CT molecular complexity index is 669. The first-order valence-corrected chi connectivity index (χ1v) is 9.46. The van der Waals surface area contributed by atoms with Crippen LogP contribution in [-0.2, 0) is 6.42 Å². The van der Waals surface area contributed by atoms with Crippen LogP contribution in [0.5, 0.6) is 5.75 Å². The molecule has 1 unspecified atom stereocenters. The van der Waals surface area contributed by atoms with E-state index in [1.54, 1.807) is 6.07 Å². The number of carbonyl (C=O) groups excluding carboxylic acids is 1. The summed E-state index contributed by atoms with van der Waals surface area (Å²) in [5, 5.41) is 3.10. The molecule has 0 aliphatic rings. The predicted molar refractivity (Wildman–Crippen MR) is 107 cm³/mol. The largest absolute Gasteiger partial charge is 0.494 e. The van der Waals surface area contributed by atoms with Crippen LogP contribution in [0.15, 0.2) is 54.6 Å². The molecule has 2 rings (SSSR count). The topological polar surface area (TPSA) is 41.6 Å². The second-order valence-corrected chi connectivity index (χ2v) is 6.24. The molecular formula is C22H30N2O2.